The van der Waals surface area contributed by atoms with E-state index in [9.17, 15) is 18.0 Å². The summed E-state index contributed by atoms with van der Waals surface area (Å²) in [6.07, 6.45) is 0.823. The standard InChI is InChI=1S/C24H23N3O5S/c1-25-33(30,31)22-15-18(9-12-21(22)32-2)23(28)26-19-10-7-17(8-11-19)24(29)27-14-13-16-5-3-4-6-20(16)27/h3-12,15,25H,13-14H2,1-2H3,(H,26,28). The van der Waals surface area contributed by atoms with Crippen LogP contribution in [-0.4, -0.2) is 40.9 Å². The SMILES string of the molecule is CNS(=O)(=O)c1cc(C(=O)Nc2ccc(C(=O)N3CCc4ccccc43)cc2)ccc1OC. The minimum absolute atomic E-state index is 0.102. The molecule has 0 saturated carbocycles. The lowest BCUT2D eigenvalue weighted by atomic mass is 10.1. The van der Waals surface area contributed by atoms with Crippen molar-refractivity contribution < 1.29 is 22.7 Å². The van der Waals surface area contributed by atoms with Crippen molar-refractivity contribution in [2.24, 2.45) is 0 Å². The molecule has 3 aromatic carbocycles. The smallest absolute Gasteiger partial charge is 0.258 e. The number of hydrogen-bond acceptors (Lipinski definition) is 5. The van der Waals surface area contributed by atoms with Crippen LogP contribution in [0.25, 0.3) is 0 Å². The summed E-state index contributed by atoms with van der Waals surface area (Å²) in [6, 6.07) is 18.6. The van der Waals surface area contributed by atoms with E-state index in [0.717, 1.165) is 17.7 Å². The summed E-state index contributed by atoms with van der Waals surface area (Å²) in [7, 11) is -1.17. The van der Waals surface area contributed by atoms with Crippen LogP contribution in [0.2, 0.25) is 0 Å². The summed E-state index contributed by atoms with van der Waals surface area (Å²) in [6.45, 7) is 0.631. The number of fused-ring (bicyclic) bond motifs is 1. The van der Waals surface area contributed by atoms with Gasteiger partial charge in [0.05, 0.1) is 7.11 Å². The highest BCUT2D eigenvalue weighted by molar-refractivity contribution is 7.89. The van der Waals surface area contributed by atoms with Crippen LogP contribution in [0, 0.1) is 0 Å². The summed E-state index contributed by atoms with van der Waals surface area (Å²) >= 11 is 0. The van der Waals surface area contributed by atoms with Crippen LogP contribution >= 0.6 is 0 Å². The molecule has 2 amide bonds. The summed E-state index contributed by atoms with van der Waals surface area (Å²) in [5, 5.41) is 2.72. The number of carbonyl (C=O) groups excluding carboxylic acids is 2. The number of ether oxygens (including phenoxy) is 1. The first-order valence-corrected chi connectivity index (χ1v) is 11.7. The fraction of sp³-hybridized carbons (Fsp3) is 0.167. The van der Waals surface area contributed by atoms with Crippen LogP contribution in [-0.2, 0) is 16.4 Å². The molecule has 4 rings (SSSR count). The zero-order valence-electron chi connectivity index (χ0n) is 18.2. The molecule has 1 aliphatic rings. The monoisotopic (exact) mass is 465 g/mol. The number of sulfonamides is 1. The molecule has 0 aromatic heterocycles. The first-order valence-electron chi connectivity index (χ1n) is 10.3. The highest BCUT2D eigenvalue weighted by Crippen LogP contribution is 2.29. The third-order valence-electron chi connectivity index (χ3n) is 5.51. The van der Waals surface area contributed by atoms with Crippen molar-refractivity contribution in [3.05, 3.63) is 83.4 Å². The van der Waals surface area contributed by atoms with E-state index in [1.54, 1.807) is 29.2 Å². The molecule has 0 atom stereocenters. The van der Waals surface area contributed by atoms with E-state index in [2.05, 4.69) is 10.0 Å². The van der Waals surface area contributed by atoms with Gasteiger partial charge in [0.2, 0.25) is 10.0 Å². The first kappa shape index (κ1) is 22.5. The largest absolute Gasteiger partial charge is 0.495 e. The number of para-hydroxylation sites is 1. The van der Waals surface area contributed by atoms with Gasteiger partial charge in [0.15, 0.2) is 0 Å². The van der Waals surface area contributed by atoms with Crippen molar-refractivity contribution in [2.75, 3.05) is 30.9 Å². The van der Waals surface area contributed by atoms with E-state index in [1.807, 2.05) is 24.3 Å². The van der Waals surface area contributed by atoms with E-state index >= 15 is 0 Å². The molecular weight excluding hydrogens is 442 g/mol. The normalized spacial score (nSPS) is 12.8. The van der Waals surface area contributed by atoms with Crippen LogP contribution in [0.3, 0.4) is 0 Å². The van der Waals surface area contributed by atoms with Crippen LogP contribution in [0.4, 0.5) is 11.4 Å². The summed E-state index contributed by atoms with van der Waals surface area (Å²) in [4.78, 5) is 27.3. The van der Waals surface area contributed by atoms with Gasteiger partial charge in [-0.3, -0.25) is 9.59 Å². The molecule has 0 saturated heterocycles. The minimum atomic E-state index is -3.81. The highest BCUT2D eigenvalue weighted by Gasteiger charge is 2.25. The average molecular weight is 466 g/mol. The number of anilines is 2. The number of hydrogen-bond donors (Lipinski definition) is 2. The van der Waals surface area contributed by atoms with Crippen molar-refractivity contribution in [3.8, 4) is 5.75 Å². The maximum Gasteiger partial charge on any atom is 0.258 e. The van der Waals surface area contributed by atoms with Gasteiger partial charge in [-0.15, -0.1) is 0 Å². The Morgan fingerprint density at radius 2 is 1.67 bits per heavy atom. The van der Waals surface area contributed by atoms with E-state index in [0.29, 0.717) is 17.8 Å². The zero-order valence-corrected chi connectivity index (χ0v) is 19.0. The maximum atomic E-state index is 12.9. The number of amides is 2. The quantitative estimate of drug-likeness (QED) is 0.582. The van der Waals surface area contributed by atoms with Crippen molar-refractivity contribution in [2.45, 2.75) is 11.3 Å². The molecule has 0 bridgehead atoms. The maximum absolute atomic E-state index is 12.9. The first-order chi connectivity index (χ1) is 15.8. The second kappa shape index (κ2) is 9.05. The molecular formula is C24H23N3O5S. The number of nitrogens with zero attached hydrogens (tertiary/aromatic N) is 1. The van der Waals surface area contributed by atoms with Gasteiger partial charge in [0, 0.05) is 29.0 Å². The molecule has 8 nitrogen and oxygen atoms in total. The third-order valence-corrected chi connectivity index (χ3v) is 6.94. The van der Waals surface area contributed by atoms with E-state index in [-0.39, 0.29) is 22.1 Å². The Morgan fingerprint density at radius 1 is 0.970 bits per heavy atom. The van der Waals surface area contributed by atoms with Crippen LogP contribution in [0.15, 0.2) is 71.6 Å². The Hall–Kier alpha value is -3.69. The van der Waals surface area contributed by atoms with Gasteiger partial charge in [0.1, 0.15) is 10.6 Å². The molecule has 9 heteroatoms. The zero-order chi connectivity index (χ0) is 23.6. The summed E-state index contributed by atoms with van der Waals surface area (Å²) in [5.74, 6) is -0.458. The molecule has 0 unspecified atom stereocenters. The second-order valence-electron chi connectivity index (χ2n) is 7.44. The molecule has 0 aliphatic carbocycles. The van der Waals surface area contributed by atoms with E-state index in [4.69, 9.17) is 4.74 Å². The van der Waals surface area contributed by atoms with Crippen LogP contribution in [0.1, 0.15) is 26.3 Å². The Labute approximate surface area is 192 Å². The molecule has 0 fully saturated rings. The molecule has 1 aliphatic heterocycles. The van der Waals surface area contributed by atoms with Gasteiger partial charge in [-0.2, -0.15) is 0 Å². The molecule has 170 valence electrons. The van der Waals surface area contributed by atoms with Gasteiger partial charge in [-0.1, -0.05) is 18.2 Å². The predicted octanol–water partition coefficient (Wildman–Crippen LogP) is 3.06. The number of methoxy groups -OCH3 is 1. The molecule has 0 radical (unpaired) electrons. The Morgan fingerprint density at radius 3 is 2.36 bits per heavy atom. The summed E-state index contributed by atoms with van der Waals surface area (Å²) in [5.41, 5.74) is 3.21. The average Bonchev–Trinajstić information content (AvgIpc) is 3.28. The Balaban J connectivity index is 1.50. The predicted molar refractivity (Wildman–Crippen MR) is 125 cm³/mol. The molecule has 3 aromatic rings. The van der Waals surface area contributed by atoms with Crippen LogP contribution in [0.5, 0.6) is 5.75 Å². The second-order valence-corrected chi connectivity index (χ2v) is 9.30. The molecule has 2 N–H and O–H groups in total. The van der Waals surface area contributed by atoms with E-state index < -0.39 is 15.9 Å². The molecule has 33 heavy (non-hydrogen) atoms. The van der Waals surface area contributed by atoms with Crippen molar-refractivity contribution in [1.82, 2.24) is 4.72 Å². The number of rotatable bonds is 6. The highest BCUT2D eigenvalue weighted by atomic mass is 32.2. The third kappa shape index (κ3) is 4.46. The van der Waals surface area contributed by atoms with Crippen LogP contribution < -0.4 is 19.7 Å². The number of benzene rings is 3. The van der Waals surface area contributed by atoms with Gasteiger partial charge < -0.3 is 15.0 Å². The van der Waals surface area contributed by atoms with Crippen molar-refractivity contribution in [1.29, 1.82) is 0 Å². The van der Waals surface area contributed by atoms with Gasteiger partial charge in [0.25, 0.3) is 11.8 Å². The fourth-order valence-corrected chi connectivity index (χ4v) is 4.66. The molecule has 0 spiro atoms. The van der Waals surface area contributed by atoms with Crippen molar-refractivity contribution in [3.63, 3.8) is 0 Å². The lowest BCUT2D eigenvalue weighted by Gasteiger charge is -2.17. The lowest BCUT2D eigenvalue weighted by Crippen LogP contribution is -2.28. The Kier molecular flexibility index (Phi) is 6.17. The number of carbonyl (C=O) groups is 2. The van der Waals surface area contributed by atoms with Crippen molar-refractivity contribution >= 4 is 33.2 Å². The Bertz CT molecular complexity index is 1320. The van der Waals surface area contributed by atoms with Gasteiger partial charge in [-0.05, 0) is 67.6 Å². The van der Waals surface area contributed by atoms with E-state index in [1.165, 1.54) is 32.4 Å². The fourth-order valence-electron chi connectivity index (χ4n) is 3.74. The summed E-state index contributed by atoms with van der Waals surface area (Å²) < 4.78 is 31.8. The molecule has 1 heterocycles. The lowest BCUT2D eigenvalue weighted by molar-refractivity contribution is 0.0988. The van der Waals surface area contributed by atoms with Gasteiger partial charge >= 0.3 is 0 Å². The topological polar surface area (TPSA) is 105 Å². The van der Waals surface area contributed by atoms with Gasteiger partial charge in [-0.25, -0.2) is 13.1 Å². The number of nitrogens with one attached hydrogen (secondary N) is 2. The minimum Gasteiger partial charge on any atom is -0.495 e.